The van der Waals surface area contributed by atoms with Crippen molar-refractivity contribution in [2.75, 3.05) is 12.3 Å². The highest BCUT2D eigenvalue weighted by atomic mass is 16.5. The molecule has 1 aromatic heterocycles. The van der Waals surface area contributed by atoms with Gasteiger partial charge in [-0.1, -0.05) is 0 Å². The zero-order chi connectivity index (χ0) is 12.0. The molecule has 16 heavy (non-hydrogen) atoms. The van der Waals surface area contributed by atoms with Crippen molar-refractivity contribution in [3.05, 3.63) is 22.7 Å². The van der Waals surface area contributed by atoms with E-state index < -0.39 is 5.69 Å². The van der Waals surface area contributed by atoms with Gasteiger partial charge in [0.25, 0.3) is 0 Å². The predicted octanol–water partition coefficient (Wildman–Crippen LogP) is 0.169. The Balaban J connectivity index is 2.43. The lowest BCUT2D eigenvalue weighted by Gasteiger charge is -2.04. The van der Waals surface area contributed by atoms with E-state index in [2.05, 4.69) is 4.98 Å². The summed E-state index contributed by atoms with van der Waals surface area (Å²) in [5, 5.41) is 0. The molecule has 2 N–H and O–H groups in total. The third kappa shape index (κ3) is 3.72. The van der Waals surface area contributed by atoms with E-state index in [9.17, 15) is 9.59 Å². The number of nitrogens with two attached hydrogens (primary N) is 1. The van der Waals surface area contributed by atoms with Crippen LogP contribution >= 0.6 is 0 Å². The average molecular weight is 225 g/mol. The van der Waals surface area contributed by atoms with Crippen LogP contribution in [0.1, 0.15) is 19.8 Å². The Hall–Kier alpha value is -1.85. The highest BCUT2D eigenvalue weighted by molar-refractivity contribution is 5.69. The van der Waals surface area contributed by atoms with Crippen molar-refractivity contribution in [3.63, 3.8) is 0 Å². The minimum atomic E-state index is -0.399. The zero-order valence-electron chi connectivity index (χ0n) is 9.18. The van der Waals surface area contributed by atoms with Crippen LogP contribution in [0, 0.1) is 0 Å². The van der Waals surface area contributed by atoms with Crippen molar-refractivity contribution in [2.24, 2.45) is 0 Å². The lowest BCUT2D eigenvalue weighted by molar-refractivity contribution is -0.143. The smallest absolute Gasteiger partial charge is 0.349 e. The Morgan fingerprint density at radius 1 is 1.62 bits per heavy atom. The fraction of sp³-hybridized carbons (Fsp3) is 0.500. The molecule has 0 atom stereocenters. The molecule has 1 rings (SSSR count). The molecular weight excluding hydrogens is 210 g/mol. The Morgan fingerprint density at radius 3 is 3.00 bits per heavy atom. The zero-order valence-corrected chi connectivity index (χ0v) is 9.18. The Labute approximate surface area is 93.0 Å². The molecule has 0 bridgehead atoms. The number of carbonyl (C=O) groups is 1. The topological polar surface area (TPSA) is 87.2 Å². The van der Waals surface area contributed by atoms with Gasteiger partial charge >= 0.3 is 11.7 Å². The van der Waals surface area contributed by atoms with E-state index in [0.717, 1.165) is 0 Å². The van der Waals surface area contributed by atoms with E-state index in [1.165, 1.54) is 4.57 Å². The highest BCUT2D eigenvalue weighted by Crippen LogP contribution is 1.96. The van der Waals surface area contributed by atoms with Gasteiger partial charge in [-0.3, -0.25) is 9.36 Å². The summed E-state index contributed by atoms with van der Waals surface area (Å²) in [7, 11) is 0. The largest absolute Gasteiger partial charge is 0.466 e. The number of ether oxygens (including phenoxy) is 1. The number of nitrogen functional groups attached to an aromatic ring is 1. The maximum absolute atomic E-state index is 11.3. The molecule has 1 aromatic rings. The molecule has 0 unspecified atom stereocenters. The molecule has 1 heterocycles. The third-order valence-electron chi connectivity index (χ3n) is 1.98. The first-order valence-corrected chi connectivity index (χ1v) is 5.12. The molecule has 0 aliphatic rings. The first kappa shape index (κ1) is 12.2. The van der Waals surface area contributed by atoms with E-state index in [-0.39, 0.29) is 11.8 Å². The van der Waals surface area contributed by atoms with Gasteiger partial charge in [0.05, 0.1) is 6.61 Å². The maximum atomic E-state index is 11.3. The number of esters is 1. The number of anilines is 1. The summed E-state index contributed by atoms with van der Waals surface area (Å²) in [5.41, 5.74) is 4.95. The number of carbonyl (C=O) groups excluding carboxylic acids is 1. The van der Waals surface area contributed by atoms with Crippen molar-refractivity contribution in [3.8, 4) is 0 Å². The van der Waals surface area contributed by atoms with E-state index in [1.54, 1.807) is 19.2 Å². The van der Waals surface area contributed by atoms with Crippen LogP contribution < -0.4 is 11.4 Å². The molecule has 0 aliphatic carbocycles. The van der Waals surface area contributed by atoms with Gasteiger partial charge in [0.15, 0.2) is 0 Å². The molecule has 0 amide bonds. The molecule has 0 spiro atoms. The molecule has 0 fully saturated rings. The van der Waals surface area contributed by atoms with Gasteiger partial charge in [0.2, 0.25) is 0 Å². The summed E-state index contributed by atoms with van der Waals surface area (Å²) < 4.78 is 6.18. The maximum Gasteiger partial charge on any atom is 0.349 e. The normalized spacial score (nSPS) is 10.1. The van der Waals surface area contributed by atoms with E-state index in [4.69, 9.17) is 10.5 Å². The van der Waals surface area contributed by atoms with Gasteiger partial charge in [-0.05, 0) is 19.4 Å². The van der Waals surface area contributed by atoms with Crippen molar-refractivity contribution < 1.29 is 9.53 Å². The van der Waals surface area contributed by atoms with Crippen LogP contribution in [0.3, 0.4) is 0 Å². The van der Waals surface area contributed by atoms with Gasteiger partial charge < -0.3 is 10.5 Å². The lowest BCUT2D eigenvalue weighted by Crippen LogP contribution is -2.23. The summed E-state index contributed by atoms with van der Waals surface area (Å²) in [5.74, 6) is -0.0504. The number of aromatic nitrogens is 2. The van der Waals surface area contributed by atoms with Crippen LogP contribution in [0.25, 0.3) is 0 Å². The second kappa shape index (κ2) is 5.89. The number of aryl methyl sites for hydroxylation is 1. The van der Waals surface area contributed by atoms with Crippen LogP contribution in [0.4, 0.5) is 5.82 Å². The first-order chi connectivity index (χ1) is 7.63. The number of rotatable bonds is 5. The third-order valence-corrected chi connectivity index (χ3v) is 1.98. The molecule has 0 aliphatic heterocycles. The Morgan fingerprint density at radius 2 is 2.38 bits per heavy atom. The average Bonchev–Trinajstić information content (AvgIpc) is 2.22. The van der Waals surface area contributed by atoms with Crippen molar-refractivity contribution in [1.82, 2.24) is 9.55 Å². The van der Waals surface area contributed by atoms with Crippen LogP contribution in [-0.2, 0) is 16.1 Å². The molecule has 88 valence electrons. The summed E-state index contributed by atoms with van der Waals surface area (Å²) in [4.78, 5) is 25.9. The van der Waals surface area contributed by atoms with Gasteiger partial charge in [-0.15, -0.1) is 0 Å². The summed E-state index contributed by atoms with van der Waals surface area (Å²) >= 11 is 0. The van der Waals surface area contributed by atoms with Gasteiger partial charge in [0, 0.05) is 19.2 Å². The fourth-order valence-electron chi connectivity index (χ4n) is 1.24. The molecule has 0 saturated carbocycles. The summed E-state index contributed by atoms with van der Waals surface area (Å²) in [6, 6.07) is 1.55. The van der Waals surface area contributed by atoms with E-state index >= 15 is 0 Å². The van der Waals surface area contributed by atoms with Crippen LogP contribution in [0.5, 0.6) is 0 Å². The number of hydrogen-bond donors (Lipinski definition) is 1. The molecule has 6 heteroatoms. The standard InChI is InChI=1S/C10H15N3O3/c1-2-16-9(14)4-3-6-13-7-5-8(11)12-10(13)15/h5,7H,2-4,6H2,1H3,(H2,11,12,15). The van der Waals surface area contributed by atoms with E-state index in [0.29, 0.717) is 26.0 Å². The second-order valence-electron chi connectivity index (χ2n) is 3.24. The second-order valence-corrected chi connectivity index (χ2v) is 3.24. The lowest BCUT2D eigenvalue weighted by atomic mass is 10.3. The monoisotopic (exact) mass is 225 g/mol. The SMILES string of the molecule is CCOC(=O)CCCn1ccc(N)nc1=O. The predicted molar refractivity (Wildman–Crippen MR) is 58.8 cm³/mol. The highest BCUT2D eigenvalue weighted by Gasteiger charge is 2.02. The molecule has 0 radical (unpaired) electrons. The van der Waals surface area contributed by atoms with Gasteiger partial charge in [0.1, 0.15) is 5.82 Å². The minimum Gasteiger partial charge on any atom is -0.466 e. The van der Waals surface area contributed by atoms with Crippen molar-refractivity contribution in [1.29, 1.82) is 0 Å². The molecular formula is C10H15N3O3. The fourth-order valence-corrected chi connectivity index (χ4v) is 1.24. The molecule has 0 saturated heterocycles. The summed E-state index contributed by atoms with van der Waals surface area (Å²) in [6.45, 7) is 2.57. The Bertz CT molecular complexity index is 414. The quantitative estimate of drug-likeness (QED) is 0.722. The summed E-state index contributed by atoms with van der Waals surface area (Å²) in [6.07, 6.45) is 2.41. The Kier molecular flexibility index (Phi) is 4.50. The van der Waals surface area contributed by atoms with Gasteiger partial charge in [-0.2, -0.15) is 4.98 Å². The van der Waals surface area contributed by atoms with Crippen molar-refractivity contribution >= 4 is 11.8 Å². The molecule has 6 nitrogen and oxygen atoms in total. The first-order valence-electron chi connectivity index (χ1n) is 5.12. The number of nitrogens with zero attached hydrogens (tertiary/aromatic N) is 2. The van der Waals surface area contributed by atoms with Gasteiger partial charge in [-0.25, -0.2) is 4.79 Å². The number of hydrogen-bond acceptors (Lipinski definition) is 5. The van der Waals surface area contributed by atoms with Crippen LogP contribution in [-0.4, -0.2) is 22.1 Å². The van der Waals surface area contributed by atoms with Crippen molar-refractivity contribution in [2.45, 2.75) is 26.3 Å². The van der Waals surface area contributed by atoms with Crippen LogP contribution in [0.2, 0.25) is 0 Å². The van der Waals surface area contributed by atoms with E-state index in [1.807, 2.05) is 0 Å². The van der Waals surface area contributed by atoms with Crippen LogP contribution in [0.15, 0.2) is 17.1 Å². The minimum absolute atomic E-state index is 0.201. The molecule has 0 aromatic carbocycles.